The van der Waals surface area contributed by atoms with E-state index in [9.17, 15) is 35.9 Å². The number of halogens is 6. The van der Waals surface area contributed by atoms with Crippen LogP contribution in [0.25, 0.3) is 0 Å². The fraction of sp³-hybridized carbons (Fsp3) is 0.500. The molecule has 250 valence electrons. The summed E-state index contributed by atoms with van der Waals surface area (Å²) >= 11 is 0. The number of para-hydroxylation sites is 1. The zero-order valence-corrected chi connectivity index (χ0v) is 25.2. The summed E-state index contributed by atoms with van der Waals surface area (Å²) in [5, 5.41) is 21.7. The van der Waals surface area contributed by atoms with Crippen molar-refractivity contribution < 1.29 is 50.6 Å². The van der Waals surface area contributed by atoms with Crippen LogP contribution in [0.4, 0.5) is 26.3 Å². The molecule has 0 bridgehead atoms. The van der Waals surface area contributed by atoms with Crippen molar-refractivity contribution in [2.75, 3.05) is 0 Å². The third kappa shape index (κ3) is 7.20. The number of guanidine groups is 1. The number of benzene rings is 1. The van der Waals surface area contributed by atoms with E-state index in [-0.39, 0.29) is 24.0 Å². The molecule has 2 aromatic rings. The summed E-state index contributed by atoms with van der Waals surface area (Å²) < 4.78 is 77.8. The van der Waals surface area contributed by atoms with E-state index in [0.717, 1.165) is 0 Å². The maximum Gasteiger partial charge on any atom is 0.490 e. The van der Waals surface area contributed by atoms with E-state index in [1.165, 1.54) is 11.0 Å². The molecule has 3 unspecified atom stereocenters. The highest BCUT2D eigenvalue weighted by molar-refractivity contribution is 6.00. The summed E-state index contributed by atoms with van der Waals surface area (Å²) in [5.74, 6) is -4.38. The number of fused-ring (bicyclic) bond motifs is 1. The second kappa shape index (κ2) is 12.1. The van der Waals surface area contributed by atoms with Gasteiger partial charge in [-0.1, -0.05) is 38.1 Å². The molecule has 2 amide bonds. The largest absolute Gasteiger partial charge is 0.490 e. The molecule has 46 heavy (non-hydrogen) atoms. The number of nitrogens with zero attached hydrogens (tertiary/aromatic N) is 2. The van der Waals surface area contributed by atoms with Crippen molar-refractivity contribution >= 4 is 23.7 Å². The quantitative estimate of drug-likeness (QED) is 0.326. The lowest BCUT2D eigenvalue weighted by Gasteiger charge is -2.42. The molecule has 4 N–H and O–H groups in total. The fourth-order valence-corrected chi connectivity index (χ4v) is 6.16. The van der Waals surface area contributed by atoms with Gasteiger partial charge >= 0.3 is 18.3 Å². The zero-order chi connectivity index (χ0) is 34.4. The van der Waals surface area contributed by atoms with Gasteiger partial charge in [-0.25, -0.2) is 4.79 Å². The van der Waals surface area contributed by atoms with Crippen LogP contribution in [0.1, 0.15) is 63.7 Å². The normalized spacial score (nSPS) is 25.5. The van der Waals surface area contributed by atoms with Crippen LogP contribution < -0.4 is 15.4 Å². The van der Waals surface area contributed by atoms with Gasteiger partial charge in [0.05, 0.1) is 12.1 Å². The number of rotatable bonds is 5. The number of amides is 2. The summed E-state index contributed by atoms with van der Waals surface area (Å²) in [4.78, 5) is 41.6. The van der Waals surface area contributed by atoms with Crippen LogP contribution in [-0.2, 0) is 14.4 Å². The standard InChI is InChI=1S/C28H32F3N5O3.C2HF3O2/c1-26(2)13-20(37)36(25(32)35-26)23(15-8-7-11-33-14-15)21-22(27(21,3)4)24(38)34-17-12-19(28(29,30)31)39-18-10-6-5-9-16(17)18;3-2(4,5)1(6)7/h5-11,14,17,19,21-23H,12-13H2,1-4H3,(H2,32,35)(H,34,38);(H,6,7)/t17-,19+,21?,22?,23?;/m0./s1. The average Bonchev–Trinajstić information content (AvgIpc) is 3.50. The number of hydrogen-bond acceptors (Lipinski definition) is 6. The first kappa shape index (κ1) is 34.5. The number of carboxylic acids is 1. The first-order valence-corrected chi connectivity index (χ1v) is 14.2. The minimum absolute atomic E-state index is 0.0571. The third-order valence-electron chi connectivity index (χ3n) is 8.33. The van der Waals surface area contributed by atoms with Crippen LogP contribution in [0.15, 0.2) is 48.8 Å². The number of ether oxygens (including phenoxy) is 1. The van der Waals surface area contributed by atoms with Gasteiger partial charge < -0.3 is 20.5 Å². The van der Waals surface area contributed by atoms with Crippen LogP contribution in [-0.4, -0.2) is 62.7 Å². The maximum absolute atomic E-state index is 13.7. The first-order valence-electron chi connectivity index (χ1n) is 14.2. The van der Waals surface area contributed by atoms with Crippen LogP contribution in [0, 0.1) is 22.7 Å². The SMILES string of the molecule is CC1(C)CC(=O)N(C(c2cccnc2)C2C(C(=O)N[C@H]3C[C@H](C(F)(F)F)Oc4ccccc43)C2(C)C)C(=N)N1.O=C(O)C(F)(F)F. The molecular formula is C30H33F6N5O5. The van der Waals surface area contributed by atoms with E-state index >= 15 is 0 Å². The molecule has 5 atom stereocenters. The molecule has 0 radical (unpaired) electrons. The van der Waals surface area contributed by atoms with Gasteiger partial charge in [0.15, 0.2) is 12.1 Å². The van der Waals surface area contributed by atoms with Crippen molar-refractivity contribution in [2.24, 2.45) is 17.3 Å². The second-order valence-corrected chi connectivity index (χ2v) is 12.6. The minimum atomic E-state index is -5.08. The Morgan fingerprint density at radius 3 is 2.28 bits per heavy atom. The van der Waals surface area contributed by atoms with Crippen molar-refractivity contribution in [2.45, 2.75) is 76.6 Å². The Balaban J connectivity index is 0.000000617. The average molecular weight is 658 g/mol. The summed E-state index contributed by atoms with van der Waals surface area (Å²) in [6.07, 6.45) is -8.76. The molecule has 10 nitrogen and oxygen atoms in total. The molecule has 1 saturated heterocycles. The summed E-state index contributed by atoms with van der Waals surface area (Å²) in [6.45, 7) is 7.48. The Kier molecular flexibility index (Phi) is 9.07. The lowest BCUT2D eigenvalue weighted by molar-refractivity contribution is -0.201. The molecule has 3 aliphatic rings. The monoisotopic (exact) mass is 657 g/mol. The third-order valence-corrected chi connectivity index (χ3v) is 8.33. The Hall–Kier alpha value is -4.37. The Bertz CT molecular complexity index is 1480. The molecule has 1 aromatic heterocycles. The van der Waals surface area contributed by atoms with Gasteiger partial charge in [-0.3, -0.25) is 24.9 Å². The number of pyridine rings is 1. The van der Waals surface area contributed by atoms with Crippen molar-refractivity contribution in [3.8, 4) is 5.75 Å². The number of alkyl halides is 6. The van der Waals surface area contributed by atoms with Gasteiger partial charge in [0.25, 0.3) is 0 Å². The van der Waals surface area contributed by atoms with Crippen molar-refractivity contribution in [3.63, 3.8) is 0 Å². The van der Waals surface area contributed by atoms with Gasteiger partial charge in [0.1, 0.15) is 5.75 Å². The molecule has 3 heterocycles. The predicted octanol–water partition coefficient (Wildman–Crippen LogP) is 5.13. The second-order valence-electron chi connectivity index (χ2n) is 12.6. The summed E-state index contributed by atoms with van der Waals surface area (Å²) in [5.41, 5.74) is -0.0267. The highest BCUT2D eigenvalue weighted by atomic mass is 19.4. The number of aliphatic carboxylic acids is 1. The summed E-state index contributed by atoms with van der Waals surface area (Å²) in [6, 6.07) is 8.41. The maximum atomic E-state index is 13.7. The number of carboxylic acid groups (broad SMARTS) is 1. The molecule has 0 spiro atoms. The van der Waals surface area contributed by atoms with E-state index in [4.69, 9.17) is 20.0 Å². The topological polar surface area (TPSA) is 145 Å². The lowest BCUT2D eigenvalue weighted by atomic mass is 9.92. The molecule has 2 aliphatic heterocycles. The summed E-state index contributed by atoms with van der Waals surface area (Å²) in [7, 11) is 0. The van der Waals surface area contributed by atoms with Crippen molar-refractivity contribution in [1.29, 1.82) is 5.41 Å². The molecule has 5 rings (SSSR count). The minimum Gasteiger partial charge on any atom is -0.480 e. The highest BCUT2D eigenvalue weighted by Gasteiger charge is 2.67. The zero-order valence-electron chi connectivity index (χ0n) is 25.2. The van der Waals surface area contributed by atoms with Gasteiger partial charge in [0.2, 0.25) is 11.8 Å². The van der Waals surface area contributed by atoms with Gasteiger partial charge in [-0.15, -0.1) is 0 Å². The smallest absolute Gasteiger partial charge is 0.480 e. The van der Waals surface area contributed by atoms with Gasteiger partial charge in [-0.2, -0.15) is 26.3 Å². The van der Waals surface area contributed by atoms with Crippen LogP contribution in [0.3, 0.4) is 0 Å². The van der Waals surface area contributed by atoms with Gasteiger partial charge in [0, 0.05) is 48.2 Å². The first-order chi connectivity index (χ1) is 21.1. The highest BCUT2D eigenvalue weighted by Crippen LogP contribution is 2.65. The molecule has 1 aromatic carbocycles. The molecule has 2 fully saturated rings. The number of carbonyl (C=O) groups excluding carboxylic acids is 2. The van der Waals surface area contributed by atoms with E-state index < -0.39 is 71.6 Å². The molecule has 16 heteroatoms. The van der Waals surface area contributed by atoms with Crippen molar-refractivity contribution in [1.82, 2.24) is 20.5 Å². The van der Waals surface area contributed by atoms with E-state index in [2.05, 4.69) is 15.6 Å². The van der Waals surface area contributed by atoms with E-state index in [1.807, 2.05) is 33.8 Å². The fourth-order valence-electron chi connectivity index (χ4n) is 6.16. The van der Waals surface area contributed by atoms with E-state index in [1.54, 1.807) is 36.7 Å². The van der Waals surface area contributed by atoms with Crippen LogP contribution >= 0.6 is 0 Å². The van der Waals surface area contributed by atoms with E-state index in [0.29, 0.717) is 11.1 Å². The Morgan fingerprint density at radius 2 is 1.74 bits per heavy atom. The number of carbonyl (C=O) groups is 3. The van der Waals surface area contributed by atoms with Gasteiger partial charge in [-0.05, 0) is 37.0 Å². The van der Waals surface area contributed by atoms with Crippen LogP contribution in [0.2, 0.25) is 0 Å². The lowest BCUT2D eigenvalue weighted by Crippen LogP contribution is -2.61. The van der Waals surface area contributed by atoms with Crippen molar-refractivity contribution in [3.05, 3.63) is 59.9 Å². The van der Waals surface area contributed by atoms with Crippen LogP contribution in [0.5, 0.6) is 5.75 Å². The Labute approximate surface area is 260 Å². The molecule has 1 aliphatic carbocycles. The number of aromatic nitrogens is 1. The molecular weight excluding hydrogens is 624 g/mol. The number of nitrogens with one attached hydrogen (secondary N) is 3. The number of hydrogen-bond donors (Lipinski definition) is 4. The molecule has 1 saturated carbocycles. The Morgan fingerprint density at radius 1 is 1.11 bits per heavy atom. The predicted molar refractivity (Wildman–Crippen MR) is 150 cm³/mol.